The Morgan fingerprint density at radius 1 is 1.00 bits per heavy atom. The molecule has 5 nitrogen and oxygen atoms in total. The van der Waals surface area contributed by atoms with Gasteiger partial charge in [-0.1, -0.05) is 24.3 Å². The Bertz CT molecular complexity index is 681. The zero-order chi connectivity index (χ0) is 16.7. The SMILES string of the molecule is NCCc1cccc(C(=O)Nc2ccc(CCC(=O)O)cc2)c1. The van der Waals surface area contributed by atoms with Crippen LogP contribution in [0.25, 0.3) is 0 Å². The molecule has 0 fully saturated rings. The first-order valence-corrected chi connectivity index (χ1v) is 7.49. The molecule has 5 heteroatoms. The van der Waals surface area contributed by atoms with Gasteiger partial charge in [0.15, 0.2) is 0 Å². The van der Waals surface area contributed by atoms with Crippen molar-refractivity contribution in [2.24, 2.45) is 5.73 Å². The molecular weight excluding hydrogens is 292 g/mol. The first-order valence-electron chi connectivity index (χ1n) is 7.49. The number of hydrogen-bond donors (Lipinski definition) is 3. The number of hydrogen-bond acceptors (Lipinski definition) is 3. The molecular formula is C18H20N2O3. The van der Waals surface area contributed by atoms with E-state index >= 15 is 0 Å². The number of nitrogens with one attached hydrogen (secondary N) is 1. The number of aryl methyl sites for hydroxylation is 1. The lowest BCUT2D eigenvalue weighted by atomic mass is 10.1. The summed E-state index contributed by atoms with van der Waals surface area (Å²) in [5, 5.41) is 11.5. The third kappa shape index (κ3) is 5.23. The Hall–Kier alpha value is -2.66. The van der Waals surface area contributed by atoms with Crippen LogP contribution in [0.4, 0.5) is 5.69 Å². The maximum atomic E-state index is 12.3. The molecule has 0 heterocycles. The average molecular weight is 312 g/mol. The Balaban J connectivity index is 1.99. The molecule has 0 aliphatic heterocycles. The predicted octanol–water partition coefficient (Wildman–Crippen LogP) is 2.46. The van der Waals surface area contributed by atoms with Gasteiger partial charge in [0.05, 0.1) is 0 Å². The zero-order valence-corrected chi connectivity index (χ0v) is 12.8. The van der Waals surface area contributed by atoms with Crippen molar-refractivity contribution < 1.29 is 14.7 Å². The van der Waals surface area contributed by atoms with Crippen LogP contribution in [0.5, 0.6) is 0 Å². The van der Waals surface area contributed by atoms with Crippen LogP contribution in [0, 0.1) is 0 Å². The number of aliphatic carboxylic acids is 1. The van der Waals surface area contributed by atoms with Crippen LogP contribution in [0.1, 0.15) is 27.9 Å². The van der Waals surface area contributed by atoms with Crippen LogP contribution in [0.15, 0.2) is 48.5 Å². The first kappa shape index (κ1) is 16.7. The molecule has 0 aliphatic carbocycles. The summed E-state index contributed by atoms with van der Waals surface area (Å²) in [4.78, 5) is 22.8. The van der Waals surface area contributed by atoms with Gasteiger partial charge in [-0.2, -0.15) is 0 Å². The van der Waals surface area contributed by atoms with E-state index in [0.29, 0.717) is 24.2 Å². The van der Waals surface area contributed by atoms with Gasteiger partial charge in [0.2, 0.25) is 0 Å². The first-order chi connectivity index (χ1) is 11.1. The minimum absolute atomic E-state index is 0.0969. The van der Waals surface area contributed by atoms with Crippen LogP contribution >= 0.6 is 0 Å². The highest BCUT2D eigenvalue weighted by atomic mass is 16.4. The summed E-state index contributed by atoms with van der Waals surface area (Å²) < 4.78 is 0. The molecule has 0 aliphatic rings. The number of nitrogens with two attached hydrogens (primary N) is 1. The summed E-state index contributed by atoms with van der Waals surface area (Å²) in [6, 6.07) is 14.6. The molecule has 2 rings (SSSR count). The summed E-state index contributed by atoms with van der Waals surface area (Å²) in [7, 11) is 0. The third-order valence-corrected chi connectivity index (χ3v) is 3.46. The lowest BCUT2D eigenvalue weighted by Gasteiger charge is -2.08. The Morgan fingerprint density at radius 3 is 2.39 bits per heavy atom. The van der Waals surface area contributed by atoms with Crippen molar-refractivity contribution in [2.45, 2.75) is 19.3 Å². The number of amides is 1. The van der Waals surface area contributed by atoms with Gasteiger partial charge in [-0.05, 0) is 54.8 Å². The highest BCUT2D eigenvalue weighted by molar-refractivity contribution is 6.04. The number of anilines is 1. The summed E-state index contributed by atoms with van der Waals surface area (Å²) >= 11 is 0. The lowest BCUT2D eigenvalue weighted by molar-refractivity contribution is -0.136. The fourth-order valence-corrected chi connectivity index (χ4v) is 2.24. The van der Waals surface area contributed by atoms with E-state index in [1.54, 1.807) is 18.2 Å². The molecule has 0 spiro atoms. The van der Waals surface area contributed by atoms with E-state index in [4.69, 9.17) is 10.8 Å². The lowest BCUT2D eigenvalue weighted by Crippen LogP contribution is -2.12. The van der Waals surface area contributed by atoms with Crippen LogP contribution in [-0.2, 0) is 17.6 Å². The van der Waals surface area contributed by atoms with Crippen molar-refractivity contribution in [3.8, 4) is 0 Å². The molecule has 23 heavy (non-hydrogen) atoms. The van der Waals surface area contributed by atoms with Crippen LogP contribution in [-0.4, -0.2) is 23.5 Å². The van der Waals surface area contributed by atoms with Gasteiger partial charge in [-0.15, -0.1) is 0 Å². The highest BCUT2D eigenvalue weighted by Crippen LogP contribution is 2.13. The summed E-state index contributed by atoms with van der Waals surface area (Å²) in [6.45, 7) is 0.545. The van der Waals surface area contributed by atoms with Crippen molar-refractivity contribution in [3.05, 3.63) is 65.2 Å². The van der Waals surface area contributed by atoms with E-state index in [1.165, 1.54) is 0 Å². The summed E-state index contributed by atoms with van der Waals surface area (Å²) in [6.07, 6.45) is 1.31. The van der Waals surface area contributed by atoms with Crippen LogP contribution in [0.2, 0.25) is 0 Å². The fourth-order valence-electron chi connectivity index (χ4n) is 2.24. The van der Waals surface area contributed by atoms with E-state index in [9.17, 15) is 9.59 Å². The van der Waals surface area contributed by atoms with E-state index < -0.39 is 5.97 Å². The number of rotatable bonds is 7. The molecule has 0 saturated carbocycles. The molecule has 0 radical (unpaired) electrons. The van der Waals surface area contributed by atoms with E-state index in [2.05, 4.69) is 5.32 Å². The zero-order valence-electron chi connectivity index (χ0n) is 12.8. The second-order valence-electron chi connectivity index (χ2n) is 5.28. The largest absolute Gasteiger partial charge is 0.481 e. The normalized spacial score (nSPS) is 10.3. The molecule has 4 N–H and O–H groups in total. The summed E-state index contributed by atoms with van der Waals surface area (Å²) in [5.74, 6) is -0.998. The van der Waals surface area contributed by atoms with E-state index in [0.717, 1.165) is 17.5 Å². The number of carbonyl (C=O) groups excluding carboxylic acids is 1. The smallest absolute Gasteiger partial charge is 0.303 e. The Labute approximate surface area is 135 Å². The van der Waals surface area contributed by atoms with Gasteiger partial charge >= 0.3 is 5.97 Å². The minimum Gasteiger partial charge on any atom is -0.481 e. The Morgan fingerprint density at radius 2 is 1.74 bits per heavy atom. The number of carboxylic acids is 1. The van der Waals surface area contributed by atoms with Crippen molar-refractivity contribution >= 4 is 17.6 Å². The van der Waals surface area contributed by atoms with Gasteiger partial charge in [-0.25, -0.2) is 0 Å². The van der Waals surface area contributed by atoms with Gasteiger partial charge in [0, 0.05) is 17.7 Å². The van der Waals surface area contributed by atoms with Crippen molar-refractivity contribution in [1.29, 1.82) is 0 Å². The van der Waals surface area contributed by atoms with E-state index in [1.807, 2.05) is 30.3 Å². The monoisotopic (exact) mass is 312 g/mol. The minimum atomic E-state index is -0.820. The van der Waals surface area contributed by atoms with Gasteiger partial charge < -0.3 is 16.2 Å². The summed E-state index contributed by atoms with van der Waals surface area (Å²) in [5.41, 5.74) is 8.76. The van der Waals surface area contributed by atoms with Crippen molar-refractivity contribution in [1.82, 2.24) is 0 Å². The number of carbonyl (C=O) groups is 2. The number of benzene rings is 2. The topological polar surface area (TPSA) is 92.4 Å². The molecule has 1 amide bonds. The predicted molar refractivity (Wildman–Crippen MR) is 89.6 cm³/mol. The molecule has 0 bridgehead atoms. The van der Waals surface area contributed by atoms with Crippen molar-refractivity contribution in [3.63, 3.8) is 0 Å². The second-order valence-corrected chi connectivity index (χ2v) is 5.28. The second kappa shape index (κ2) is 8.10. The maximum Gasteiger partial charge on any atom is 0.303 e. The molecule has 0 unspecified atom stereocenters. The maximum absolute atomic E-state index is 12.3. The third-order valence-electron chi connectivity index (χ3n) is 3.46. The molecule has 0 saturated heterocycles. The van der Waals surface area contributed by atoms with Gasteiger partial charge in [0.25, 0.3) is 5.91 Å². The molecule has 0 atom stereocenters. The van der Waals surface area contributed by atoms with Crippen LogP contribution < -0.4 is 11.1 Å². The van der Waals surface area contributed by atoms with Crippen LogP contribution in [0.3, 0.4) is 0 Å². The van der Waals surface area contributed by atoms with Gasteiger partial charge in [-0.3, -0.25) is 9.59 Å². The van der Waals surface area contributed by atoms with Crippen molar-refractivity contribution in [2.75, 3.05) is 11.9 Å². The Kier molecular flexibility index (Phi) is 5.88. The fraction of sp³-hybridized carbons (Fsp3) is 0.222. The molecule has 2 aromatic carbocycles. The number of carboxylic acid groups (broad SMARTS) is 1. The molecule has 120 valence electrons. The quantitative estimate of drug-likeness (QED) is 0.732. The highest BCUT2D eigenvalue weighted by Gasteiger charge is 2.07. The standard InChI is InChI=1S/C18H20N2O3/c19-11-10-14-2-1-3-15(12-14)18(23)20-16-7-4-13(5-8-16)6-9-17(21)22/h1-5,7-8,12H,6,9-11,19H2,(H,20,23)(H,21,22). The van der Waals surface area contributed by atoms with Gasteiger partial charge in [0.1, 0.15) is 0 Å². The molecule has 0 aromatic heterocycles. The van der Waals surface area contributed by atoms with E-state index in [-0.39, 0.29) is 12.3 Å². The molecule has 2 aromatic rings. The average Bonchev–Trinajstić information content (AvgIpc) is 2.55.